The van der Waals surface area contributed by atoms with Crippen LogP contribution in [0.3, 0.4) is 0 Å². The molecule has 1 rings (SSSR count). The summed E-state index contributed by atoms with van der Waals surface area (Å²) >= 11 is 11.3. The molecule has 4 N–H and O–H groups in total. The Hall–Kier alpha value is -2.62. The topological polar surface area (TPSA) is 125 Å². The van der Waals surface area contributed by atoms with Gasteiger partial charge in [0, 0.05) is 4.90 Å². The fourth-order valence-corrected chi connectivity index (χ4v) is 2.84. The number of ether oxygens (including phenoxy) is 2. The molecule has 0 aromatic heterocycles. The Balaban J connectivity index is 2.78. The highest BCUT2D eigenvalue weighted by Crippen LogP contribution is 2.28. The summed E-state index contributed by atoms with van der Waals surface area (Å²) in [5, 5.41) is 21.5. The summed E-state index contributed by atoms with van der Waals surface area (Å²) in [5.41, 5.74) is 0.896. The second-order valence-corrected chi connectivity index (χ2v) is 7.71. The van der Waals surface area contributed by atoms with E-state index in [-0.39, 0.29) is 10.2 Å². The first kappa shape index (κ1) is 26.4. The molecule has 0 spiro atoms. The number of rotatable bonds is 9. The third kappa shape index (κ3) is 11.4. The van der Waals surface area contributed by atoms with Crippen LogP contribution < -0.4 is 21.3 Å². The van der Waals surface area contributed by atoms with Gasteiger partial charge >= 0.3 is 12.2 Å². The quantitative estimate of drug-likeness (QED) is 0.170. The van der Waals surface area contributed by atoms with Gasteiger partial charge < -0.3 is 20.1 Å². The molecule has 0 atom stereocenters. The maximum Gasteiger partial charge on any atom is 0.413 e. The number of anilines is 2. The Morgan fingerprint density at radius 3 is 1.97 bits per heavy atom. The molecular formula is C19H25N5O4S3. The van der Waals surface area contributed by atoms with Crippen molar-refractivity contribution in [1.82, 2.24) is 10.6 Å². The number of thiocarbonyl (C=S) groups is 2. The van der Waals surface area contributed by atoms with Gasteiger partial charge in [-0.2, -0.15) is 5.26 Å². The van der Waals surface area contributed by atoms with Crippen LogP contribution in [0, 0.1) is 10.7 Å². The van der Waals surface area contributed by atoms with Crippen molar-refractivity contribution in [2.75, 3.05) is 23.8 Å². The van der Waals surface area contributed by atoms with Gasteiger partial charge in [-0.1, -0.05) is 26.7 Å². The van der Waals surface area contributed by atoms with Gasteiger partial charge in [0.25, 0.3) is 0 Å². The third-order valence-electron chi connectivity index (χ3n) is 3.54. The van der Waals surface area contributed by atoms with Crippen molar-refractivity contribution in [2.45, 2.75) is 44.4 Å². The summed E-state index contributed by atoms with van der Waals surface area (Å²) in [7, 11) is 0. The van der Waals surface area contributed by atoms with E-state index in [1.165, 1.54) is 0 Å². The van der Waals surface area contributed by atoms with Crippen molar-refractivity contribution in [3.05, 3.63) is 18.2 Å². The van der Waals surface area contributed by atoms with Crippen molar-refractivity contribution in [1.29, 1.82) is 5.26 Å². The molecule has 0 aliphatic carbocycles. The van der Waals surface area contributed by atoms with Gasteiger partial charge in [0.15, 0.2) is 10.2 Å². The molecule has 9 nitrogen and oxygen atoms in total. The van der Waals surface area contributed by atoms with Gasteiger partial charge in [-0.25, -0.2) is 9.59 Å². The molecule has 0 radical (unpaired) electrons. The molecule has 0 aliphatic heterocycles. The Morgan fingerprint density at radius 1 is 0.968 bits per heavy atom. The van der Waals surface area contributed by atoms with Gasteiger partial charge in [-0.05, 0) is 67.2 Å². The van der Waals surface area contributed by atoms with Crippen LogP contribution in [0.1, 0.15) is 39.5 Å². The van der Waals surface area contributed by atoms with Crippen molar-refractivity contribution in [3.8, 4) is 5.40 Å². The number of thioether (sulfide) groups is 1. The lowest BCUT2D eigenvalue weighted by Gasteiger charge is -2.16. The van der Waals surface area contributed by atoms with Crippen molar-refractivity contribution in [2.24, 2.45) is 0 Å². The Labute approximate surface area is 196 Å². The van der Waals surface area contributed by atoms with E-state index in [4.69, 9.17) is 39.2 Å². The van der Waals surface area contributed by atoms with Gasteiger partial charge in [0.05, 0.1) is 24.6 Å². The van der Waals surface area contributed by atoms with Gasteiger partial charge in [0.2, 0.25) is 0 Å². The zero-order valence-electron chi connectivity index (χ0n) is 17.3. The van der Waals surface area contributed by atoms with Crippen molar-refractivity contribution in [3.63, 3.8) is 0 Å². The number of nitriles is 1. The molecular weight excluding hydrogens is 458 g/mol. The van der Waals surface area contributed by atoms with E-state index in [0.717, 1.165) is 37.4 Å². The van der Waals surface area contributed by atoms with Gasteiger partial charge in [0.1, 0.15) is 5.40 Å². The van der Waals surface area contributed by atoms with Crippen molar-refractivity contribution < 1.29 is 19.1 Å². The SMILES string of the molecule is CCCCOC(=O)NC(=S)Nc1ccc(SC#N)cc1NC(=S)NC(=O)OCCCC. The largest absolute Gasteiger partial charge is 0.449 e. The van der Waals surface area contributed by atoms with E-state index in [1.807, 2.05) is 19.2 Å². The van der Waals surface area contributed by atoms with Crippen LogP contribution in [0.2, 0.25) is 0 Å². The molecule has 31 heavy (non-hydrogen) atoms. The number of hydrogen-bond acceptors (Lipinski definition) is 8. The number of benzene rings is 1. The fourth-order valence-electron chi connectivity index (χ4n) is 2.04. The lowest BCUT2D eigenvalue weighted by Crippen LogP contribution is -2.36. The molecule has 1 aromatic rings. The minimum Gasteiger partial charge on any atom is -0.449 e. The molecule has 12 heteroatoms. The number of nitrogens with one attached hydrogen (secondary N) is 4. The van der Waals surface area contributed by atoms with Crippen LogP contribution in [-0.2, 0) is 9.47 Å². The summed E-state index contributed by atoms with van der Waals surface area (Å²) in [6.07, 6.45) is 1.97. The summed E-state index contributed by atoms with van der Waals surface area (Å²) in [6.45, 7) is 4.56. The first-order valence-corrected chi connectivity index (χ1v) is 11.2. The van der Waals surface area contributed by atoms with Gasteiger partial charge in [-0.3, -0.25) is 10.6 Å². The van der Waals surface area contributed by atoms with E-state index in [2.05, 4.69) is 21.3 Å². The highest BCUT2D eigenvalue weighted by atomic mass is 32.2. The van der Waals surface area contributed by atoms with E-state index in [0.29, 0.717) is 29.5 Å². The molecule has 0 saturated carbocycles. The molecule has 168 valence electrons. The average molecular weight is 484 g/mol. The van der Waals surface area contributed by atoms with Crippen LogP contribution in [0.15, 0.2) is 23.1 Å². The van der Waals surface area contributed by atoms with E-state index in [1.54, 1.807) is 18.2 Å². The number of thiocyanates is 1. The molecule has 0 saturated heterocycles. The Kier molecular flexibility index (Phi) is 13.0. The van der Waals surface area contributed by atoms with E-state index < -0.39 is 12.2 Å². The number of nitrogens with zero attached hydrogens (tertiary/aromatic N) is 1. The smallest absolute Gasteiger partial charge is 0.413 e. The monoisotopic (exact) mass is 483 g/mol. The normalized spacial score (nSPS) is 9.71. The second-order valence-electron chi connectivity index (χ2n) is 6.04. The van der Waals surface area contributed by atoms with Crippen LogP contribution in [0.4, 0.5) is 21.0 Å². The lowest BCUT2D eigenvalue weighted by molar-refractivity contribution is 0.149. The summed E-state index contributed by atoms with van der Waals surface area (Å²) in [5.74, 6) is 0. The Morgan fingerprint density at radius 2 is 1.48 bits per heavy atom. The van der Waals surface area contributed by atoms with Crippen LogP contribution in [0.5, 0.6) is 0 Å². The molecule has 0 unspecified atom stereocenters. The molecule has 0 fully saturated rings. The van der Waals surface area contributed by atoms with Crippen LogP contribution in [0.25, 0.3) is 0 Å². The minimum absolute atomic E-state index is 0.00140. The first-order chi connectivity index (χ1) is 14.9. The standard InChI is InChI=1S/C19H25N5O4S3/c1-3-5-9-27-18(25)23-16(29)21-14-8-7-13(31-12-20)11-15(14)22-17(30)24-19(26)28-10-6-4-2/h7-8,11H,3-6,9-10H2,1-2H3,(H2,21,23,25,29)(H2,22,24,26,30). The number of carbonyl (C=O) groups is 2. The minimum atomic E-state index is -0.671. The molecule has 1 aromatic carbocycles. The zero-order valence-corrected chi connectivity index (χ0v) is 19.7. The summed E-state index contributed by atoms with van der Waals surface area (Å²) in [6, 6.07) is 4.99. The second kappa shape index (κ2) is 15.2. The molecule has 0 heterocycles. The highest BCUT2D eigenvalue weighted by Gasteiger charge is 2.12. The molecule has 2 amide bonds. The first-order valence-electron chi connectivity index (χ1n) is 9.59. The van der Waals surface area contributed by atoms with Crippen LogP contribution >= 0.6 is 36.2 Å². The van der Waals surface area contributed by atoms with Crippen molar-refractivity contribution >= 4 is 70.0 Å². The number of carbonyl (C=O) groups excluding carboxylic acids is 2. The summed E-state index contributed by atoms with van der Waals surface area (Å²) in [4.78, 5) is 24.2. The maximum atomic E-state index is 11.8. The number of alkyl carbamates (subject to hydrolysis) is 2. The number of unbranched alkanes of at least 4 members (excludes halogenated alkanes) is 2. The lowest BCUT2D eigenvalue weighted by atomic mass is 10.2. The fraction of sp³-hybridized carbons (Fsp3) is 0.421. The third-order valence-corrected chi connectivity index (χ3v) is 4.53. The molecule has 0 aliphatic rings. The maximum absolute atomic E-state index is 11.8. The predicted molar refractivity (Wildman–Crippen MR) is 129 cm³/mol. The van der Waals surface area contributed by atoms with E-state index in [9.17, 15) is 9.59 Å². The van der Waals surface area contributed by atoms with Crippen LogP contribution in [-0.4, -0.2) is 35.6 Å². The average Bonchev–Trinajstić information content (AvgIpc) is 2.70. The van der Waals surface area contributed by atoms with Gasteiger partial charge in [-0.15, -0.1) is 0 Å². The predicted octanol–water partition coefficient (Wildman–Crippen LogP) is 4.71. The molecule has 0 bridgehead atoms. The zero-order chi connectivity index (χ0) is 23.1. The highest BCUT2D eigenvalue weighted by molar-refractivity contribution is 8.03. The Bertz CT molecular complexity index is 829. The number of amides is 2. The van der Waals surface area contributed by atoms with E-state index >= 15 is 0 Å². The summed E-state index contributed by atoms with van der Waals surface area (Å²) < 4.78 is 10.0. The number of hydrogen-bond donors (Lipinski definition) is 4.